The van der Waals surface area contributed by atoms with E-state index in [0.29, 0.717) is 6.29 Å². The third-order valence-corrected chi connectivity index (χ3v) is 2.04. The van der Waals surface area contributed by atoms with Crippen molar-refractivity contribution < 1.29 is 14.5 Å². The van der Waals surface area contributed by atoms with Crippen LogP contribution < -0.4 is 4.74 Å². The molecule has 15 heavy (non-hydrogen) atoms. The number of aromatic nitrogens is 1. The molecule has 1 heterocycles. The standard InChI is InChI=1S/C9H8N2O4/c12-5-6-3-10-4-8(11(13)14)9(6)15-7-1-2-7/h3-5,7H,1-2H2. The van der Waals surface area contributed by atoms with Crippen LogP contribution >= 0.6 is 0 Å². The zero-order valence-corrected chi connectivity index (χ0v) is 7.75. The summed E-state index contributed by atoms with van der Waals surface area (Å²) in [6, 6.07) is 0. The number of pyridine rings is 1. The van der Waals surface area contributed by atoms with E-state index in [1.807, 2.05) is 0 Å². The maximum atomic E-state index is 10.7. The van der Waals surface area contributed by atoms with Crippen LogP contribution in [0, 0.1) is 10.1 Å². The van der Waals surface area contributed by atoms with Crippen LogP contribution in [0.4, 0.5) is 5.69 Å². The molecule has 78 valence electrons. The van der Waals surface area contributed by atoms with Crippen LogP contribution in [0.3, 0.4) is 0 Å². The van der Waals surface area contributed by atoms with Crippen molar-refractivity contribution in [3.63, 3.8) is 0 Å². The first-order valence-electron chi connectivity index (χ1n) is 4.46. The van der Waals surface area contributed by atoms with Crippen molar-refractivity contribution in [3.8, 4) is 5.75 Å². The third-order valence-electron chi connectivity index (χ3n) is 2.04. The molecule has 0 unspecified atom stereocenters. The van der Waals surface area contributed by atoms with Gasteiger partial charge in [0.2, 0.25) is 5.75 Å². The molecule has 0 bridgehead atoms. The highest BCUT2D eigenvalue weighted by Gasteiger charge is 2.29. The van der Waals surface area contributed by atoms with Crippen molar-refractivity contribution in [1.82, 2.24) is 4.98 Å². The van der Waals surface area contributed by atoms with E-state index < -0.39 is 4.92 Å². The Labute approximate surface area is 85.0 Å². The summed E-state index contributed by atoms with van der Waals surface area (Å²) in [4.78, 5) is 24.3. The highest BCUT2D eigenvalue weighted by atomic mass is 16.6. The van der Waals surface area contributed by atoms with Gasteiger partial charge in [0.15, 0.2) is 6.29 Å². The van der Waals surface area contributed by atoms with Gasteiger partial charge in [-0.05, 0) is 12.8 Å². The predicted octanol–water partition coefficient (Wildman–Crippen LogP) is 1.34. The van der Waals surface area contributed by atoms with Crippen LogP contribution in [-0.2, 0) is 0 Å². The lowest BCUT2D eigenvalue weighted by Gasteiger charge is -2.06. The van der Waals surface area contributed by atoms with Crippen molar-refractivity contribution in [1.29, 1.82) is 0 Å². The summed E-state index contributed by atoms with van der Waals surface area (Å²) in [7, 11) is 0. The van der Waals surface area contributed by atoms with Crippen LogP contribution in [0.1, 0.15) is 23.2 Å². The van der Waals surface area contributed by atoms with Gasteiger partial charge in [-0.3, -0.25) is 19.9 Å². The minimum atomic E-state index is -0.599. The summed E-state index contributed by atoms with van der Waals surface area (Å²) in [6.45, 7) is 0. The SMILES string of the molecule is O=Cc1cncc([N+](=O)[O-])c1OC1CC1. The topological polar surface area (TPSA) is 82.3 Å². The van der Waals surface area contributed by atoms with Crippen molar-refractivity contribution >= 4 is 12.0 Å². The minimum absolute atomic E-state index is 0.00444. The van der Waals surface area contributed by atoms with Crippen LogP contribution in [0.5, 0.6) is 5.75 Å². The third kappa shape index (κ3) is 1.93. The quantitative estimate of drug-likeness (QED) is 0.423. The normalized spacial score (nSPS) is 14.7. The molecule has 1 fully saturated rings. The van der Waals surface area contributed by atoms with E-state index in [4.69, 9.17) is 4.74 Å². The Bertz CT molecular complexity index is 415. The molecule has 1 aromatic rings. The van der Waals surface area contributed by atoms with Gasteiger partial charge in [-0.1, -0.05) is 0 Å². The van der Waals surface area contributed by atoms with Gasteiger partial charge in [-0.15, -0.1) is 0 Å². The second-order valence-corrected chi connectivity index (χ2v) is 3.27. The second kappa shape index (κ2) is 3.64. The van der Waals surface area contributed by atoms with E-state index in [0.717, 1.165) is 19.0 Å². The Balaban J connectivity index is 2.42. The fraction of sp³-hybridized carbons (Fsp3) is 0.333. The molecule has 0 aliphatic heterocycles. The average molecular weight is 208 g/mol. The van der Waals surface area contributed by atoms with Crippen molar-refractivity contribution in [2.45, 2.75) is 18.9 Å². The van der Waals surface area contributed by atoms with Gasteiger partial charge in [0.05, 0.1) is 16.6 Å². The summed E-state index contributed by atoms with van der Waals surface area (Å²) in [5.41, 5.74) is -0.136. The number of rotatable bonds is 4. The molecule has 2 rings (SSSR count). The van der Waals surface area contributed by atoms with Crippen LogP contribution in [0.2, 0.25) is 0 Å². The largest absolute Gasteiger partial charge is 0.483 e. The number of nitro groups is 1. The molecule has 1 saturated carbocycles. The number of carbonyl (C=O) groups is 1. The zero-order valence-electron chi connectivity index (χ0n) is 7.75. The first kappa shape index (κ1) is 9.57. The molecule has 1 aliphatic rings. The summed E-state index contributed by atoms with van der Waals surface area (Å²) in [5.74, 6) is 0.0347. The second-order valence-electron chi connectivity index (χ2n) is 3.27. The molecule has 0 aromatic carbocycles. The Morgan fingerprint density at radius 1 is 1.53 bits per heavy atom. The van der Waals surface area contributed by atoms with Gasteiger partial charge in [0.1, 0.15) is 6.20 Å². The first-order chi connectivity index (χ1) is 7.22. The molecule has 0 radical (unpaired) electrons. The number of ether oxygens (including phenoxy) is 1. The van der Waals surface area contributed by atoms with E-state index in [1.165, 1.54) is 6.20 Å². The lowest BCUT2D eigenvalue weighted by atomic mass is 10.2. The van der Waals surface area contributed by atoms with Crippen molar-refractivity contribution in [2.75, 3.05) is 0 Å². The minimum Gasteiger partial charge on any atom is -0.483 e. The lowest BCUT2D eigenvalue weighted by Crippen LogP contribution is -2.03. The fourth-order valence-corrected chi connectivity index (χ4v) is 1.15. The van der Waals surface area contributed by atoms with E-state index in [1.54, 1.807) is 0 Å². The van der Waals surface area contributed by atoms with Gasteiger partial charge in [0, 0.05) is 6.20 Å². The molecule has 1 aromatic heterocycles. The average Bonchev–Trinajstić information content (AvgIpc) is 3.01. The van der Waals surface area contributed by atoms with Gasteiger partial charge >= 0.3 is 5.69 Å². The Hall–Kier alpha value is -1.98. The maximum Gasteiger partial charge on any atom is 0.329 e. The van der Waals surface area contributed by atoms with Gasteiger partial charge in [-0.25, -0.2) is 0 Å². The van der Waals surface area contributed by atoms with Crippen LogP contribution in [0.25, 0.3) is 0 Å². The van der Waals surface area contributed by atoms with Crippen LogP contribution in [0.15, 0.2) is 12.4 Å². The molecular weight excluding hydrogens is 200 g/mol. The lowest BCUT2D eigenvalue weighted by molar-refractivity contribution is -0.386. The van der Waals surface area contributed by atoms with Crippen molar-refractivity contribution in [3.05, 3.63) is 28.1 Å². The number of carbonyl (C=O) groups excluding carboxylic acids is 1. The Morgan fingerprint density at radius 3 is 2.80 bits per heavy atom. The van der Waals surface area contributed by atoms with E-state index in [2.05, 4.69) is 4.98 Å². The fourth-order valence-electron chi connectivity index (χ4n) is 1.15. The molecule has 0 atom stereocenters. The van der Waals surface area contributed by atoms with Gasteiger partial charge < -0.3 is 4.74 Å². The molecule has 0 N–H and O–H groups in total. The van der Waals surface area contributed by atoms with Crippen molar-refractivity contribution in [2.24, 2.45) is 0 Å². The molecule has 6 heteroatoms. The number of aldehydes is 1. The van der Waals surface area contributed by atoms with E-state index in [9.17, 15) is 14.9 Å². The zero-order chi connectivity index (χ0) is 10.8. The molecule has 0 saturated heterocycles. The van der Waals surface area contributed by atoms with E-state index in [-0.39, 0.29) is 23.1 Å². The Kier molecular flexibility index (Phi) is 2.32. The number of hydrogen-bond acceptors (Lipinski definition) is 5. The van der Waals surface area contributed by atoms with Gasteiger partial charge in [-0.2, -0.15) is 0 Å². The molecule has 6 nitrogen and oxygen atoms in total. The number of hydrogen-bond donors (Lipinski definition) is 0. The smallest absolute Gasteiger partial charge is 0.329 e. The van der Waals surface area contributed by atoms with Crippen LogP contribution in [-0.4, -0.2) is 22.3 Å². The summed E-state index contributed by atoms with van der Waals surface area (Å²) >= 11 is 0. The molecule has 1 aliphatic carbocycles. The first-order valence-corrected chi connectivity index (χ1v) is 4.46. The molecule has 0 amide bonds. The molecule has 0 spiro atoms. The van der Waals surface area contributed by atoms with Gasteiger partial charge in [0.25, 0.3) is 0 Å². The monoisotopic (exact) mass is 208 g/mol. The summed E-state index contributed by atoms with van der Waals surface area (Å²) in [5, 5.41) is 10.7. The molecular formula is C9H8N2O4. The summed E-state index contributed by atoms with van der Waals surface area (Å²) in [6.07, 6.45) is 4.61. The summed E-state index contributed by atoms with van der Waals surface area (Å²) < 4.78 is 5.33. The highest BCUT2D eigenvalue weighted by Crippen LogP contribution is 2.34. The van der Waals surface area contributed by atoms with E-state index >= 15 is 0 Å². The Morgan fingerprint density at radius 2 is 2.27 bits per heavy atom. The number of nitrogens with zero attached hydrogens (tertiary/aromatic N) is 2. The predicted molar refractivity (Wildman–Crippen MR) is 49.9 cm³/mol. The highest BCUT2D eigenvalue weighted by molar-refractivity contribution is 5.81. The maximum absolute atomic E-state index is 10.7.